The Morgan fingerprint density at radius 2 is 1.72 bits per heavy atom. The average Bonchev–Trinajstić information content (AvgIpc) is 3.29. The number of rotatable bonds is 4. The number of nitrogens with zero attached hydrogens (tertiary/aromatic N) is 1. The first-order valence-corrected chi connectivity index (χ1v) is 16.5. The van der Waals surface area contributed by atoms with Crippen LogP contribution in [0.15, 0.2) is 17.3 Å². The minimum absolute atomic E-state index is 0.0106. The molecule has 5 aliphatic carbocycles. The van der Waals surface area contributed by atoms with E-state index in [-0.39, 0.29) is 17.1 Å². The van der Waals surface area contributed by atoms with E-state index in [1.165, 1.54) is 76.2 Å². The van der Waals surface area contributed by atoms with E-state index in [1.54, 1.807) is 0 Å². The third-order valence-corrected chi connectivity index (χ3v) is 14.8. The van der Waals surface area contributed by atoms with Crippen molar-refractivity contribution in [1.82, 2.24) is 0 Å². The summed E-state index contributed by atoms with van der Waals surface area (Å²) in [5, 5.41) is 13.7. The Bertz CT molecular complexity index is 998. The largest absolute Gasteiger partial charge is 0.411 e. The third kappa shape index (κ3) is 3.92. The second-order valence-electron chi connectivity index (χ2n) is 16.4. The molecular weight excluding hydrogens is 482 g/mol. The van der Waals surface area contributed by atoms with Crippen LogP contribution >= 0.6 is 0 Å². The molecule has 220 valence electrons. The van der Waals surface area contributed by atoms with E-state index < -0.39 is 0 Å². The summed E-state index contributed by atoms with van der Waals surface area (Å²) >= 11 is 0. The van der Waals surface area contributed by atoms with Crippen molar-refractivity contribution in [2.24, 2.45) is 61.8 Å². The van der Waals surface area contributed by atoms with Crippen molar-refractivity contribution in [3.63, 3.8) is 0 Å². The molecule has 39 heavy (non-hydrogen) atoms. The van der Waals surface area contributed by atoms with Crippen LogP contribution in [-0.4, -0.2) is 30.4 Å². The molecule has 0 bridgehead atoms. The van der Waals surface area contributed by atoms with Crippen molar-refractivity contribution >= 4 is 5.71 Å². The molecule has 6 rings (SSSR count). The fourth-order valence-electron chi connectivity index (χ4n) is 12.6. The van der Waals surface area contributed by atoms with Gasteiger partial charge in [0.05, 0.1) is 12.3 Å². The first kappa shape index (κ1) is 28.3. The van der Waals surface area contributed by atoms with E-state index in [0.29, 0.717) is 34.0 Å². The zero-order valence-corrected chi connectivity index (χ0v) is 26.0. The maximum Gasteiger partial charge on any atom is 0.157 e. The topological polar surface area (TPSA) is 51.0 Å². The van der Waals surface area contributed by atoms with Gasteiger partial charge in [0.2, 0.25) is 0 Å². The number of oxime groups is 1. The molecule has 1 aliphatic heterocycles. The van der Waals surface area contributed by atoms with E-state index in [1.807, 2.05) is 0 Å². The Labute approximate surface area is 238 Å². The Morgan fingerprint density at radius 3 is 2.41 bits per heavy atom. The van der Waals surface area contributed by atoms with Crippen LogP contribution in [0, 0.1) is 56.7 Å². The van der Waals surface area contributed by atoms with Gasteiger partial charge in [-0.05, 0) is 142 Å². The van der Waals surface area contributed by atoms with Gasteiger partial charge in [-0.25, -0.2) is 0 Å². The molecular formula is C35H57NO3. The Kier molecular flexibility index (Phi) is 6.94. The van der Waals surface area contributed by atoms with Gasteiger partial charge in [0.15, 0.2) is 6.29 Å². The van der Waals surface area contributed by atoms with E-state index in [4.69, 9.17) is 9.47 Å². The predicted molar refractivity (Wildman–Crippen MR) is 158 cm³/mol. The number of fused-ring (bicyclic) bond motifs is 7. The van der Waals surface area contributed by atoms with Crippen molar-refractivity contribution in [2.45, 2.75) is 131 Å². The van der Waals surface area contributed by atoms with Gasteiger partial charge in [0, 0.05) is 12.0 Å². The maximum atomic E-state index is 9.85. The van der Waals surface area contributed by atoms with Gasteiger partial charge in [0.1, 0.15) is 0 Å². The van der Waals surface area contributed by atoms with Gasteiger partial charge >= 0.3 is 0 Å². The van der Waals surface area contributed by atoms with E-state index in [0.717, 1.165) is 43.6 Å². The molecule has 0 spiro atoms. The van der Waals surface area contributed by atoms with Gasteiger partial charge in [-0.15, -0.1) is 0 Å². The van der Waals surface area contributed by atoms with Crippen molar-refractivity contribution in [3.05, 3.63) is 12.2 Å². The van der Waals surface area contributed by atoms with Gasteiger partial charge in [-0.1, -0.05) is 51.9 Å². The first-order valence-electron chi connectivity index (χ1n) is 16.5. The highest BCUT2D eigenvalue weighted by Gasteiger charge is 2.70. The van der Waals surface area contributed by atoms with Crippen molar-refractivity contribution < 1.29 is 14.7 Å². The van der Waals surface area contributed by atoms with Crippen molar-refractivity contribution in [1.29, 1.82) is 0 Å². The lowest BCUT2D eigenvalue weighted by Crippen LogP contribution is -2.66. The van der Waals surface area contributed by atoms with Gasteiger partial charge in [-0.3, -0.25) is 0 Å². The first-order chi connectivity index (χ1) is 18.4. The fraction of sp³-hybridized carbons (Fsp3) is 0.914. The number of hydrogen-bond acceptors (Lipinski definition) is 4. The van der Waals surface area contributed by atoms with E-state index in [2.05, 4.69) is 53.3 Å². The van der Waals surface area contributed by atoms with Crippen LogP contribution in [0.1, 0.15) is 125 Å². The molecule has 0 aromatic rings. The number of allylic oxidation sites excluding steroid dienone is 1. The van der Waals surface area contributed by atoms with Gasteiger partial charge in [-0.2, -0.15) is 0 Å². The van der Waals surface area contributed by atoms with Crippen LogP contribution in [0.2, 0.25) is 0 Å². The average molecular weight is 540 g/mol. The standard InChI is InChI=1S/C35H57NO3/c1-23(2)24-13-18-35(22-39-29-10-8-9-21-38-29)20-19-33(6)25(30(24)35)11-12-27-32(5)16-15-28(36-37)31(3,4)26(32)14-17-34(27,33)7/h24-27,29-30,37H,1,8-22H2,2-7H3/b36-28-/t24-,25+,26-,27+,29?,30+,32-,33+,34+,35+/m0/s1. The van der Waals surface area contributed by atoms with Crippen LogP contribution < -0.4 is 0 Å². The zero-order chi connectivity index (χ0) is 27.8. The molecule has 1 saturated heterocycles. The smallest absolute Gasteiger partial charge is 0.157 e. The molecule has 4 nitrogen and oxygen atoms in total. The SMILES string of the molecule is C=C(C)[C@@H]1CC[C@]2(COC3CCCCO3)CC[C@]3(C)[C@H](CC[C@@H]4[C@@]5(C)CC/C(=N/O)C(C)(C)[C@@H]5CC[C@]43C)[C@@H]12. The molecule has 4 heteroatoms. The molecule has 1 unspecified atom stereocenters. The second-order valence-corrected chi connectivity index (χ2v) is 16.4. The van der Waals surface area contributed by atoms with Crippen LogP contribution in [0.5, 0.6) is 0 Å². The van der Waals surface area contributed by atoms with Crippen LogP contribution in [0.3, 0.4) is 0 Å². The molecule has 10 atom stereocenters. The Morgan fingerprint density at radius 1 is 0.923 bits per heavy atom. The monoisotopic (exact) mass is 539 g/mol. The summed E-state index contributed by atoms with van der Waals surface area (Å²) in [6, 6.07) is 0. The minimum Gasteiger partial charge on any atom is -0.411 e. The van der Waals surface area contributed by atoms with Crippen LogP contribution in [0.4, 0.5) is 0 Å². The van der Waals surface area contributed by atoms with Crippen molar-refractivity contribution in [3.8, 4) is 0 Å². The fourth-order valence-corrected chi connectivity index (χ4v) is 12.6. The zero-order valence-electron chi connectivity index (χ0n) is 26.0. The quantitative estimate of drug-likeness (QED) is 0.220. The number of ether oxygens (including phenoxy) is 2. The summed E-state index contributed by atoms with van der Waals surface area (Å²) in [4.78, 5) is 0. The highest BCUT2D eigenvalue weighted by molar-refractivity contribution is 5.90. The molecule has 1 heterocycles. The molecule has 0 amide bonds. The minimum atomic E-state index is -0.0163. The molecule has 0 radical (unpaired) electrons. The van der Waals surface area contributed by atoms with Gasteiger partial charge in [0.25, 0.3) is 0 Å². The molecule has 6 fully saturated rings. The normalized spacial score (nSPS) is 51.9. The summed E-state index contributed by atoms with van der Waals surface area (Å²) in [7, 11) is 0. The molecule has 0 aromatic carbocycles. The maximum absolute atomic E-state index is 9.85. The molecule has 0 aromatic heterocycles. The lowest BCUT2D eigenvalue weighted by atomic mass is 9.32. The summed E-state index contributed by atoms with van der Waals surface area (Å²) in [5.74, 6) is 3.42. The molecule has 1 N–H and O–H groups in total. The summed E-state index contributed by atoms with van der Waals surface area (Å²) in [5.41, 5.74) is 3.74. The summed E-state index contributed by atoms with van der Waals surface area (Å²) < 4.78 is 12.7. The summed E-state index contributed by atoms with van der Waals surface area (Å²) in [6.07, 6.45) is 16.1. The predicted octanol–water partition coefficient (Wildman–Crippen LogP) is 9.02. The third-order valence-electron chi connectivity index (χ3n) is 14.8. The van der Waals surface area contributed by atoms with E-state index in [9.17, 15) is 5.21 Å². The highest BCUT2D eigenvalue weighted by Crippen LogP contribution is 2.77. The molecule has 5 saturated carbocycles. The van der Waals surface area contributed by atoms with E-state index >= 15 is 0 Å². The lowest BCUT2D eigenvalue weighted by Gasteiger charge is -2.72. The Hall–Kier alpha value is -0.870. The molecule has 6 aliphatic rings. The van der Waals surface area contributed by atoms with Crippen LogP contribution in [0.25, 0.3) is 0 Å². The van der Waals surface area contributed by atoms with Gasteiger partial charge < -0.3 is 14.7 Å². The highest BCUT2D eigenvalue weighted by atomic mass is 16.7. The van der Waals surface area contributed by atoms with Crippen molar-refractivity contribution in [2.75, 3.05) is 13.2 Å². The lowest BCUT2D eigenvalue weighted by molar-refractivity contribution is -0.242. The second kappa shape index (κ2) is 9.58. The summed E-state index contributed by atoms with van der Waals surface area (Å²) in [6.45, 7) is 21.4. The Balaban J connectivity index is 1.32. The van der Waals surface area contributed by atoms with Crippen LogP contribution in [-0.2, 0) is 9.47 Å². The number of hydrogen-bond donors (Lipinski definition) is 1.